The summed E-state index contributed by atoms with van der Waals surface area (Å²) in [4.78, 5) is 14.1. The number of amides is 1. The van der Waals surface area contributed by atoms with Crippen molar-refractivity contribution in [3.8, 4) is 17.2 Å². The Balaban J connectivity index is 1.72. The van der Waals surface area contributed by atoms with Crippen LogP contribution >= 0.6 is 0 Å². The van der Waals surface area contributed by atoms with Crippen molar-refractivity contribution in [2.24, 2.45) is 0 Å². The highest BCUT2D eigenvalue weighted by Gasteiger charge is 2.40. The van der Waals surface area contributed by atoms with E-state index in [0.717, 1.165) is 12.8 Å². The second kappa shape index (κ2) is 5.83. The molecule has 0 saturated carbocycles. The van der Waals surface area contributed by atoms with Crippen molar-refractivity contribution in [2.75, 3.05) is 13.2 Å². The molecule has 126 valence electrons. The molecule has 6 nitrogen and oxygen atoms in total. The van der Waals surface area contributed by atoms with Crippen molar-refractivity contribution in [3.05, 3.63) is 18.2 Å². The molecule has 0 aliphatic carbocycles. The quantitative estimate of drug-likeness (QED) is 0.861. The Morgan fingerprint density at radius 1 is 1.35 bits per heavy atom. The lowest BCUT2D eigenvalue weighted by atomic mass is 10.1. The van der Waals surface area contributed by atoms with Crippen molar-refractivity contribution >= 4 is 6.09 Å². The number of carbonyl (C=O) groups is 1. The molecule has 1 saturated heterocycles. The van der Waals surface area contributed by atoms with Crippen molar-refractivity contribution in [1.82, 2.24) is 4.90 Å². The topological polar surface area (TPSA) is 68.2 Å². The molecule has 1 aromatic rings. The van der Waals surface area contributed by atoms with Gasteiger partial charge in [0.25, 0.3) is 0 Å². The highest BCUT2D eigenvalue weighted by molar-refractivity contribution is 5.69. The molecule has 0 radical (unpaired) electrons. The van der Waals surface area contributed by atoms with E-state index in [2.05, 4.69) is 0 Å². The number of rotatable bonds is 1. The van der Waals surface area contributed by atoms with Crippen LogP contribution in [0.2, 0.25) is 0 Å². The third-order valence-corrected chi connectivity index (χ3v) is 3.97. The molecule has 0 unspecified atom stereocenters. The largest absolute Gasteiger partial charge is 0.508 e. The lowest BCUT2D eigenvalue weighted by molar-refractivity contribution is -0.00466. The van der Waals surface area contributed by atoms with Gasteiger partial charge >= 0.3 is 6.09 Å². The predicted molar refractivity (Wildman–Crippen MR) is 84.0 cm³/mol. The third kappa shape index (κ3) is 3.46. The number of aromatic hydroxyl groups is 1. The lowest BCUT2D eigenvalue weighted by Crippen LogP contribution is -2.50. The first-order valence-corrected chi connectivity index (χ1v) is 7.95. The monoisotopic (exact) mass is 321 g/mol. The number of hydrogen-bond donors (Lipinski definition) is 1. The lowest BCUT2D eigenvalue weighted by Gasteiger charge is -2.35. The molecule has 1 N–H and O–H groups in total. The minimum Gasteiger partial charge on any atom is -0.508 e. The van der Waals surface area contributed by atoms with Gasteiger partial charge in [-0.25, -0.2) is 4.79 Å². The summed E-state index contributed by atoms with van der Waals surface area (Å²) in [6.45, 7) is 6.60. The summed E-state index contributed by atoms with van der Waals surface area (Å²) in [5.41, 5.74) is -0.521. The smallest absolute Gasteiger partial charge is 0.410 e. The van der Waals surface area contributed by atoms with Crippen LogP contribution < -0.4 is 9.47 Å². The molecular formula is C17H23NO5. The number of nitrogens with zero attached hydrogens (tertiary/aromatic N) is 1. The average molecular weight is 321 g/mol. The van der Waals surface area contributed by atoms with Crippen molar-refractivity contribution in [1.29, 1.82) is 0 Å². The van der Waals surface area contributed by atoms with Crippen LogP contribution in [-0.4, -0.2) is 47.0 Å². The average Bonchev–Trinajstić information content (AvgIpc) is 2.94. The number of ether oxygens (including phenoxy) is 3. The van der Waals surface area contributed by atoms with Crippen molar-refractivity contribution < 1.29 is 24.1 Å². The summed E-state index contributed by atoms with van der Waals surface area (Å²) in [5.74, 6) is 1.25. The molecule has 3 rings (SSSR count). The first-order chi connectivity index (χ1) is 10.8. The predicted octanol–water partition coefficient (Wildman–Crippen LogP) is 2.93. The van der Waals surface area contributed by atoms with Gasteiger partial charge < -0.3 is 24.2 Å². The fourth-order valence-electron chi connectivity index (χ4n) is 2.99. The molecule has 2 aliphatic rings. The van der Waals surface area contributed by atoms with Gasteiger partial charge in [0, 0.05) is 12.6 Å². The SMILES string of the molecule is CC(C)(C)OC(=O)N1CCC[C@@H]1[C@H]1COc2ccc(O)cc2O1. The third-order valence-electron chi connectivity index (χ3n) is 3.97. The van der Waals surface area contributed by atoms with Crippen LogP contribution in [-0.2, 0) is 4.74 Å². The van der Waals surface area contributed by atoms with Gasteiger partial charge in [-0.05, 0) is 45.7 Å². The number of benzene rings is 1. The zero-order valence-electron chi connectivity index (χ0n) is 13.7. The van der Waals surface area contributed by atoms with Crippen LogP contribution in [0.25, 0.3) is 0 Å². The van der Waals surface area contributed by atoms with Crippen LogP contribution in [0.3, 0.4) is 0 Å². The summed E-state index contributed by atoms with van der Waals surface area (Å²) < 4.78 is 17.2. The minimum absolute atomic E-state index is 0.0830. The normalized spacial score (nSPS) is 23.7. The van der Waals surface area contributed by atoms with Crippen molar-refractivity contribution in [2.45, 2.75) is 51.4 Å². The van der Waals surface area contributed by atoms with Gasteiger partial charge in [-0.2, -0.15) is 0 Å². The Labute approximate surface area is 135 Å². The van der Waals surface area contributed by atoms with Gasteiger partial charge in [-0.1, -0.05) is 0 Å². The first-order valence-electron chi connectivity index (χ1n) is 7.95. The number of phenols is 1. The second-order valence-electron chi connectivity index (χ2n) is 6.98. The van der Waals surface area contributed by atoms with E-state index in [1.807, 2.05) is 20.8 Å². The Morgan fingerprint density at radius 3 is 2.87 bits per heavy atom. The molecule has 1 fully saturated rings. The van der Waals surface area contributed by atoms with E-state index in [1.54, 1.807) is 17.0 Å². The van der Waals surface area contributed by atoms with Crippen LogP contribution in [0.15, 0.2) is 18.2 Å². The van der Waals surface area contributed by atoms with Crippen LogP contribution in [0, 0.1) is 0 Å². The van der Waals surface area contributed by atoms with Gasteiger partial charge in [0.2, 0.25) is 0 Å². The van der Waals surface area contributed by atoms with Gasteiger partial charge in [0.1, 0.15) is 18.0 Å². The number of likely N-dealkylation sites (tertiary alicyclic amines) is 1. The molecule has 23 heavy (non-hydrogen) atoms. The molecule has 6 heteroatoms. The van der Waals surface area contributed by atoms with Crippen molar-refractivity contribution in [3.63, 3.8) is 0 Å². The van der Waals surface area contributed by atoms with Gasteiger partial charge in [0.05, 0.1) is 6.04 Å². The second-order valence-corrected chi connectivity index (χ2v) is 6.98. The highest BCUT2D eigenvalue weighted by atomic mass is 16.6. The zero-order valence-corrected chi connectivity index (χ0v) is 13.7. The van der Waals surface area contributed by atoms with Crippen LogP contribution in [0.4, 0.5) is 4.79 Å². The minimum atomic E-state index is -0.521. The van der Waals surface area contributed by atoms with E-state index in [9.17, 15) is 9.90 Å². The Hall–Kier alpha value is -2.11. The molecule has 2 heterocycles. The van der Waals surface area contributed by atoms with E-state index < -0.39 is 5.60 Å². The summed E-state index contributed by atoms with van der Waals surface area (Å²) in [6, 6.07) is 4.70. The van der Waals surface area contributed by atoms with Crippen LogP contribution in [0.5, 0.6) is 17.2 Å². The molecule has 0 spiro atoms. The van der Waals surface area contributed by atoms with E-state index in [4.69, 9.17) is 14.2 Å². The molecule has 2 aliphatic heterocycles. The summed E-state index contributed by atoms with van der Waals surface area (Å²) in [7, 11) is 0. The fraction of sp³-hybridized carbons (Fsp3) is 0.588. The Morgan fingerprint density at radius 2 is 2.13 bits per heavy atom. The van der Waals surface area contributed by atoms with E-state index >= 15 is 0 Å². The van der Waals surface area contributed by atoms with Gasteiger partial charge in [0.15, 0.2) is 17.6 Å². The van der Waals surface area contributed by atoms with Gasteiger partial charge in [-0.15, -0.1) is 0 Å². The maximum Gasteiger partial charge on any atom is 0.410 e. The molecule has 0 bridgehead atoms. The zero-order chi connectivity index (χ0) is 16.6. The van der Waals surface area contributed by atoms with E-state index in [1.165, 1.54) is 6.07 Å². The maximum atomic E-state index is 12.4. The number of fused-ring (bicyclic) bond motifs is 1. The molecule has 0 aromatic heterocycles. The van der Waals surface area contributed by atoms with Gasteiger partial charge in [-0.3, -0.25) is 0 Å². The van der Waals surface area contributed by atoms with E-state index in [0.29, 0.717) is 24.7 Å². The summed E-state index contributed by atoms with van der Waals surface area (Å²) in [5, 5.41) is 9.59. The molecule has 1 aromatic carbocycles. The molecule has 1 amide bonds. The Kier molecular flexibility index (Phi) is 4.00. The fourth-order valence-corrected chi connectivity index (χ4v) is 2.99. The highest BCUT2D eigenvalue weighted by Crippen LogP contribution is 2.37. The number of hydrogen-bond acceptors (Lipinski definition) is 5. The van der Waals surface area contributed by atoms with E-state index in [-0.39, 0.29) is 24.0 Å². The first kappa shape index (κ1) is 15.8. The summed E-state index contributed by atoms with van der Waals surface area (Å²) >= 11 is 0. The number of carbonyl (C=O) groups excluding carboxylic acids is 1. The number of phenolic OH excluding ortho intramolecular Hbond substituents is 1. The van der Waals surface area contributed by atoms with Crippen LogP contribution in [0.1, 0.15) is 33.6 Å². The standard InChI is InChI=1S/C17H23NO5/c1-17(2,3)23-16(20)18-8-4-5-12(18)15-10-21-13-7-6-11(19)9-14(13)22-15/h6-7,9,12,15,19H,4-5,8,10H2,1-3H3/t12-,15-/m1/s1. The Bertz CT molecular complexity index is 595. The molecular weight excluding hydrogens is 298 g/mol. The maximum absolute atomic E-state index is 12.4. The summed E-state index contributed by atoms with van der Waals surface area (Å²) in [6.07, 6.45) is 1.18. The molecule has 2 atom stereocenters.